The molecule has 4 rings (SSSR count). The van der Waals surface area contributed by atoms with Crippen LogP contribution >= 0.6 is 11.3 Å². The van der Waals surface area contributed by atoms with Gasteiger partial charge in [0.05, 0.1) is 16.0 Å². The summed E-state index contributed by atoms with van der Waals surface area (Å²) >= 11 is 1.44. The number of hydrogen-bond acceptors (Lipinski definition) is 4. The summed E-state index contributed by atoms with van der Waals surface area (Å²) in [6, 6.07) is 1.60. The molecular weight excluding hydrogens is 349 g/mol. The molecule has 0 amide bonds. The number of fused-ring (bicyclic) bond motifs is 3. The highest BCUT2D eigenvalue weighted by atomic mass is 32.1. The summed E-state index contributed by atoms with van der Waals surface area (Å²) in [6.45, 7) is 6.54. The fraction of sp³-hybridized carbons (Fsp3) is 0.412. The van der Waals surface area contributed by atoms with E-state index in [2.05, 4.69) is 33.3 Å². The van der Waals surface area contributed by atoms with Gasteiger partial charge < -0.3 is 4.57 Å². The standard InChI is InChI=1S/C17H17F3N4S/c1-10(2)23-3-4-24-13(8-23)15(14-7-21-9-25-14)12-5-11(17(18,19)20)6-22-16(12)24/h5-7,9-10H,3-4,8H2,1-2H3. The Morgan fingerprint density at radius 1 is 1.20 bits per heavy atom. The largest absolute Gasteiger partial charge is 0.417 e. The summed E-state index contributed by atoms with van der Waals surface area (Å²) in [7, 11) is 0. The number of halogens is 3. The molecule has 0 saturated heterocycles. The van der Waals surface area contributed by atoms with Crippen LogP contribution in [0, 0.1) is 0 Å². The highest BCUT2D eigenvalue weighted by molar-refractivity contribution is 7.13. The van der Waals surface area contributed by atoms with Crippen LogP contribution in [0.3, 0.4) is 0 Å². The van der Waals surface area contributed by atoms with Crippen molar-refractivity contribution in [1.82, 2.24) is 19.4 Å². The molecule has 132 valence electrons. The maximum absolute atomic E-state index is 13.2. The first-order valence-corrected chi connectivity index (χ1v) is 8.95. The molecule has 1 aliphatic heterocycles. The fourth-order valence-corrected chi connectivity index (χ4v) is 4.09. The first kappa shape index (κ1) is 16.5. The molecule has 0 spiro atoms. The summed E-state index contributed by atoms with van der Waals surface area (Å²) < 4.78 is 41.6. The molecule has 0 N–H and O–H groups in total. The van der Waals surface area contributed by atoms with Gasteiger partial charge in [0.1, 0.15) is 5.65 Å². The Balaban J connectivity index is 1.98. The highest BCUT2D eigenvalue weighted by Crippen LogP contribution is 2.40. The van der Waals surface area contributed by atoms with E-state index in [-0.39, 0.29) is 0 Å². The summed E-state index contributed by atoms with van der Waals surface area (Å²) in [5, 5.41) is 0.555. The Morgan fingerprint density at radius 2 is 2.00 bits per heavy atom. The average molecular weight is 366 g/mol. The number of pyridine rings is 1. The third-order valence-electron chi connectivity index (χ3n) is 4.71. The van der Waals surface area contributed by atoms with Gasteiger partial charge in [0.15, 0.2) is 0 Å². The highest BCUT2D eigenvalue weighted by Gasteiger charge is 2.33. The summed E-state index contributed by atoms with van der Waals surface area (Å²) in [5.74, 6) is 0. The van der Waals surface area contributed by atoms with Crippen molar-refractivity contribution < 1.29 is 13.2 Å². The van der Waals surface area contributed by atoms with Crippen LogP contribution in [0.2, 0.25) is 0 Å². The van der Waals surface area contributed by atoms with E-state index < -0.39 is 11.7 Å². The number of hydrogen-bond donors (Lipinski definition) is 0. The van der Waals surface area contributed by atoms with E-state index in [1.165, 1.54) is 17.4 Å². The maximum atomic E-state index is 13.2. The van der Waals surface area contributed by atoms with Crippen molar-refractivity contribution in [3.05, 3.63) is 35.2 Å². The molecule has 0 aromatic carbocycles. The van der Waals surface area contributed by atoms with E-state index >= 15 is 0 Å². The van der Waals surface area contributed by atoms with Gasteiger partial charge in [-0.15, -0.1) is 11.3 Å². The van der Waals surface area contributed by atoms with Crippen LogP contribution in [0.4, 0.5) is 13.2 Å². The molecular formula is C17H17F3N4S. The van der Waals surface area contributed by atoms with Crippen LogP contribution in [0.1, 0.15) is 25.1 Å². The first-order chi connectivity index (χ1) is 11.9. The molecule has 0 unspecified atom stereocenters. The van der Waals surface area contributed by atoms with Crippen LogP contribution in [-0.2, 0) is 19.3 Å². The number of aromatic nitrogens is 3. The van der Waals surface area contributed by atoms with E-state index in [0.29, 0.717) is 23.6 Å². The lowest BCUT2D eigenvalue weighted by atomic mass is 10.1. The van der Waals surface area contributed by atoms with Gasteiger partial charge in [-0.3, -0.25) is 9.88 Å². The van der Waals surface area contributed by atoms with Crippen molar-refractivity contribution in [1.29, 1.82) is 0 Å². The maximum Gasteiger partial charge on any atom is 0.417 e. The zero-order valence-corrected chi connectivity index (χ0v) is 14.7. The van der Waals surface area contributed by atoms with Gasteiger partial charge in [-0.05, 0) is 19.9 Å². The van der Waals surface area contributed by atoms with Gasteiger partial charge in [0.2, 0.25) is 0 Å². The van der Waals surface area contributed by atoms with Crippen LogP contribution in [0.15, 0.2) is 24.0 Å². The quantitative estimate of drug-likeness (QED) is 0.674. The predicted molar refractivity (Wildman–Crippen MR) is 91.4 cm³/mol. The summed E-state index contributed by atoms with van der Waals surface area (Å²) in [5.41, 5.74) is 3.46. The molecule has 0 aliphatic carbocycles. The lowest BCUT2D eigenvalue weighted by Gasteiger charge is -2.32. The van der Waals surface area contributed by atoms with Gasteiger partial charge in [-0.1, -0.05) is 0 Å². The number of nitrogens with zero attached hydrogens (tertiary/aromatic N) is 4. The third kappa shape index (κ3) is 2.73. The Morgan fingerprint density at radius 3 is 2.64 bits per heavy atom. The molecule has 25 heavy (non-hydrogen) atoms. The average Bonchev–Trinajstić information content (AvgIpc) is 3.17. The number of rotatable bonds is 2. The van der Waals surface area contributed by atoms with Crippen LogP contribution in [0.25, 0.3) is 21.5 Å². The van der Waals surface area contributed by atoms with E-state index in [0.717, 1.165) is 35.4 Å². The lowest BCUT2D eigenvalue weighted by Crippen LogP contribution is -2.38. The molecule has 3 aromatic heterocycles. The Hall–Kier alpha value is -1.93. The minimum Gasteiger partial charge on any atom is -0.326 e. The SMILES string of the molecule is CC(C)N1CCn2c(c(-c3cncs3)c3cc(C(F)(F)F)cnc32)C1. The minimum atomic E-state index is -4.40. The monoisotopic (exact) mass is 366 g/mol. The molecule has 0 atom stereocenters. The van der Waals surface area contributed by atoms with Crippen LogP contribution in [-0.4, -0.2) is 32.0 Å². The second-order valence-electron chi connectivity index (χ2n) is 6.50. The van der Waals surface area contributed by atoms with Gasteiger partial charge in [-0.2, -0.15) is 13.2 Å². The molecule has 0 saturated carbocycles. The van der Waals surface area contributed by atoms with Gasteiger partial charge in [0, 0.05) is 54.7 Å². The lowest BCUT2D eigenvalue weighted by molar-refractivity contribution is -0.137. The van der Waals surface area contributed by atoms with Crippen molar-refractivity contribution in [2.24, 2.45) is 0 Å². The number of thiazole rings is 1. The van der Waals surface area contributed by atoms with Crippen LogP contribution in [0.5, 0.6) is 0 Å². The molecule has 4 nitrogen and oxygen atoms in total. The smallest absolute Gasteiger partial charge is 0.326 e. The summed E-state index contributed by atoms with van der Waals surface area (Å²) in [6.07, 6.45) is -1.76. The van der Waals surface area contributed by atoms with Gasteiger partial charge in [-0.25, -0.2) is 4.98 Å². The van der Waals surface area contributed by atoms with E-state index in [1.807, 2.05) is 0 Å². The van der Waals surface area contributed by atoms with Crippen molar-refractivity contribution in [2.75, 3.05) is 6.54 Å². The topological polar surface area (TPSA) is 34.0 Å². The molecule has 4 heterocycles. The summed E-state index contributed by atoms with van der Waals surface area (Å²) in [4.78, 5) is 11.5. The van der Waals surface area contributed by atoms with Gasteiger partial charge >= 0.3 is 6.18 Å². The van der Waals surface area contributed by atoms with E-state index in [9.17, 15) is 13.2 Å². The molecule has 3 aromatic rings. The Labute approximate surface area is 146 Å². The van der Waals surface area contributed by atoms with Gasteiger partial charge in [0.25, 0.3) is 0 Å². The second kappa shape index (κ2) is 5.81. The van der Waals surface area contributed by atoms with Crippen molar-refractivity contribution in [3.63, 3.8) is 0 Å². The molecule has 0 radical (unpaired) electrons. The normalized spacial score (nSPS) is 15.9. The molecule has 1 aliphatic rings. The first-order valence-electron chi connectivity index (χ1n) is 8.07. The Bertz CT molecular complexity index is 912. The van der Waals surface area contributed by atoms with Crippen LogP contribution < -0.4 is 0 Å². The van der Waals surface area contributed by atoms with E-state index in [1.54, 1.807) is 11.7 Å². The van der Waals surface area contributed by atoms with E-state index in [4.69, 9.17) is 0 Å². The molecule has 0 fully saturated rings. The second-order valence-corrected chi connectivity index (χ2v) is 7.38. The zero-order chi connectivity index (χ0) is 17.8. The van der Waals surface area contributed by atoms with Crippen molar-refractivity contribution >= 4 is 22.4 Å². The Kier molecular flexibility index (Phi) is 3.84. The predicted octanol–water partition coefficient (Wildman–Crippen LogP) is 4.40. The zero-order valence-electron chi connectivity index (χ0n) is 13.8. The molecule has 8 heteroatoms. The minimum absolute atomic E-state index is 0.375. The number of alkyl halides is 3. The van der Waals surface area contributed by atoms with Crippen molar-refractivity contribution in [2.45, 2.75) is 39.2 Å². The van der Waals surface area contributed by atoms with Crippen molar-refractivity contribution in [3.8, 4) is 10.4 Å². The fourth-order valence-electron chi connectivity index (χ4n) is 3.39. The molecule has 0 bridgehead atoms. The third-order valence-corrected chi connectivity index (χ3v) is 5.50.